The predicted octanol–water partition coefficient (Wildman–Crippen LogP) is 4.04. The standard InChI is InChI=1S/C17H15FO2/c1-11-9-12(2)17(20)15(10-11)16(19)8-5-13-3-6-14(18)7-4-13/h3-10,20H,1-2H3/b8-5+. The maximum Gasteiger partial charge on any atom is 0.189 e. The van der Waals surface area contributed by atoms with Crippen molar-refractivity contribution in [1.29, 1.82) is 0 Å². The highest BCUT2D eigenvalue weighted by atomic mass is 19.1. The number of rotatable bonds is 3. The van der Waals surface area contributed by atoms with Crippen LogP contribution >= 0.6 is 0 Å². The Morgan fingerprint density at radius 1 is 1.15 bits per heavy atom. The van der Waals surface area contributed by atoms with Crippen LogP contribution in [0.3, 0.4) is 0 Å². The number of halogens is 1. The number of aryl methyl sites for hydroxylation is 2. The van der Waals surface area contributed by atoms with Crippen LogP contribution in [0.25, 0.3) is 6.08 Å². The summed E-state index contributed by atoms with van der Waals surface area (Å²) >= 11 is 0. The van der Waals surface area contributed by atoms with E-state index < -0.39 is 0 Å². The molecule has 2 aromatic carbocycles. The van der Waals surface area contributed by atoms with Crippen molar-refractivity contribution in [2.45, 2.75) is 13.8 Å². The number of ketones is 1. The summed E-state index contributed by atoms with van der Waals surface area (Å²) in [5.74, 6) is -0.594. The number of hydrogen-bond donors (Lipinski definition) is 1. The van der Waals surface area contributed by atoms with Gasteiger partial charge in [0.2, 0.25) is 0 Å². The second-order valence-electron chi connectivity index (χ2n) is 4.73. The van der Waals surface area contributed by atoms with E-state index >= 15 is 0 Å². The van der Waals surface area contributed by atoms with E-state index in [4.69, 9.17) is 0 Å². The molecule has 0 unspecified atom stereocenters. The lowest BCUT2D eigenvalue weighted by atomic mass is 10.0. The summed E-state index contributed by atoms with van der Waals surface area (Å²) in [6, 6.07) is 9.30. The molecule has 0 bridgehead atoms. The van der Waals surface area contributed by atoms with Crippen LogP contribution in [0.1, 0.15) is 27.0 Å². The van der Waals surface area contributed by atoms with E-state index in [1.165, 1.54) is 18.2 Å². The molecule has 0 aliphatic carbocycles. The Morgan fingerprint density at radius 2 is 1.80 bits per heavy atom. The molecule has 2 nitrogen and oxygen atoms in total. The highest BCUT2D eigenvalue weighted by molar-refractivity contribution is 6.08. The highest BCUT2D eigenvalue weighted by Gasteiger charge is 2.11. The van der Waals surface area contributed by atoms with Gasteiger partial charge >= 0.3 is 0 Å². The Kier molecular flexibility index (Phi) is 3.99. The van der Waals surface area contributed by atoms with Gasteiger partial charge in [0.25, 0.3) is 0 Å². The van der Waals surface area contributed by atoms with Gasteiger partial charge in [0.05, 0.1) is 5.56 Å². The summed E-state index contributed by atoms with van der Waals surface area (Å²) in [6.07, 6.45) is 2.97. The normalized spacial score (nSPS) is 10.9. The van der Waals surface area contributed by atoms with Crippen molar-refractivity contribution in [2.75, 3.05) is 0 Å². The molecule has 0 heterocycles. The molecule has 20 heavy (non-hydrogen) atoms. The fraction of sp³-hybridized carbons (Fsp3) is 0.118. The molecule has 2 rings (SSSR count). The van der Waals surface area contributed by atoms with Gasteiger partial charge in [0.1, 0.15) is 11.6 Å². The molecule has 0 atom stereocenters. The van der Waals surface area contributed by atoms with Gasteiger partial charge in [-0.15, -0.1) is 0 Å². The third kappa shape index (κ3) is 3.12. The highest BCUT2D eigenvalue weighted by Crippen LogP contribution is 2.24. The molecule has 0 spiro atoms. The van der Waals surface area contributed by atoms with Gasteiger partial charge in [-0.3, -0.25) is 4.79 Å². The van der Waals surface area contributed by atoms with Crippen LogP contribution < -0.4 is 0 Å². The number of phenolic OH excluding ortho intramolecular Hbond substituents is 1. The lowest BCUT2D eigenvalue weighted by Crippen LogP contribution is -1.97. The number of aromatic hydroxyl groups is 1. The van der Waals surface area contributed by atoms with E-state index in [9.17, 15) is 14.3 Å². The summed E-state index contributed by atoms with van der Waals surface area (Å²) in [4.78, 5) is 12.1. The molecule has 3 heteroatoms. The molecule has 0 aliphatic heterocycles. The first-order valence-corrected chi connectivity index (χ1v) is 6.25. The molecule has 2 aromatic rings. The van der Waals surface area contributed by atoms with E-state index in [0.717, 1.165) is 11.1 Å². The van der Waals surface area contributed by atoms with E-state index in [1.54, 1.807) is 31.2 Å². The SMILES string of the molecule is Cc1cc(C)c(O)c(C(=O)/C=C/c2ccc(F)cc2)c1. The van der Waals surface area contributed by atoms with Crippen LogP contribution in [-0.4, -0.2) is 10.9 Å². The maximum absolute atomic E-state index is 12.8. The summed E-state index contributed by atoms with van der Waals surface area (Å²) < 4.78 is 12.8. The third-order valence-electron chi connectivity index (χ3n) is 3.01. The second kappa shape index (κ2) is 5.70. The average molecular weight is 270 g/mol. The molecule has 0 aliphatic rings. The van der Waals surface area contributed by atoms with Gasteiger partial charge in [-0.2, -0.15) is 0 Å². The van der Waals surface area contributed by atoms with Crippen molar-refractivity contribution in [2.24, 2.45) is 0 Å². The van der Waals surface area contributed by atoms with Crippen LogP contribution in [0.5, 0.6) is 5.75 Å². The van der Waals surface area contributed by atoms with Crippen LogP contribution in [-0.2, 0) is 0 Å². The van der Waals surface area contributed by atoms with Crippen molar-refractivity contribution in [3.63, 3.8) is 0 Å². The maximum atomic E-state index is 12.8. The van der Waals surface area contributed by atoms with Crippen molar-refractivity contribution in [3.05, 3.63) is 70.5 Å². The quantitative estimate of drug-likeness (QED) is 0.675. The van der Waals surface area contributed by atoms with Crippen molar-refractivity contribution in [1.82, 2.24) is 0 Å². The van der Waals surface area contributed by atoms with Gasteiger partial charge in [0, 0.05) is 0 Å². The smallest absolute Gasteiger partial charge is 0.189 e. The number of hydrogen-bond acceptors (Lipinski definition) is 2. The second-order valence-corrected chi connectivity index (χ2v) is 4.73. The van der Waals surface area contributed by atoms with Gasteiger partial charge in [-0.25, -0.2) is 4.39 Å². The Labute approximate surface area is 117 Å². The Balaban J connectivity index is 2.26. The van der Waals surface area contributed by atoms with Crippen molar-refractivity contribution in [3.8, 4) is 5.75 Å². The largest absolute Gasteiger partial charge is 0.507 e. The van der Waals surface area contributed by atoms with Gasteiger partial charge in [0.15, 0.2) is 5.78 Å². The topological polar surface area (TPSA) is 37.3 Å². The number of benzene rings is 2. The van der Waals surface area contributed by atoms with Crippen LogP contribution in [0.2, 0.25) is 0 Å². The molecule has 0 fully saturated rings. The monoisotopic (exact) mass is 270 g/mol. The molecule has 102 valence electrons. The first-order chi connectivity index (χ1) is 9.47. The predicted molar refractivity (Wildman–Crippen MR) is 77.3 cm³/mol. The number of carbonyl (C=O) groups excluding carboxylic acids is 1. The van der Waals surface area contributed by atoms with E-state index in [1.807, 2.05) is 13.0 Å². The lowest BCUT2D eigenvalue weighted by molar-refractivity contribution is 0.104. The summed E-state index contributed by atoms with van der Waals surface area (Å²) in [5.41, 5.74) is 2.59. The summed E-state index contributed by atoms with van der Waals surface area (Å²) in [5, 5.41) is 9.92. The minimum Gasteiger partial charge on any atom is -0.507 e. The van der Waals surface area contributed by atoms with Crippen molar-refractivity contribution < 1.29 is 14.3 Å². The van der Waals surface area contributed by atoms with Gasteiger partial charge in [-0.1, -0.05) is 24.3 Å². The van der Waals surface area contributed by atoms with Gasteiger partial charge < -0.3 is 5.11 Å². The molecular formula is C17H15FO2. The fourth-order valence-corrected chi connectivity index (χ4v) is 1.98. The molecule has 0 amide bonds. The lowest BCUT2D eigenvalue weighted by Gasteiger charge is -2.06. The minimum atomic E-state index is -0.319. The average Bonchev–Trinajstić information content (AvgIpc) is 2.42. The fourth-order valence-electron chi connectivity index (χ4n) is 1.98. The molecule has 0 aromatic heterocycles. The minimum absolute atomic E-state index is 0.00403. The number of phenols is 1. The summed E-state index contributed by atoms with van der Waals surface area (Å²) in [7, 11) is 0. The molecule has 0 radical (unpaired) electrons. The first-order valence-electron chi connectivity index (χ1n) is 6.25. The van der Waals surface area contributed by atoms with Crippen molar-refractivity contribution >= 4 is 11.9 Å². The van der Waals surface area contributed by atoms with Crippen LogP contribution in [0.4, 0.5) is 4.39 Å². The molecular weight excluding hydrogens is 255 g/mol. The first kappa shape index (κ1) is 14.0. The van der Waals surface area contributed by atoms with Gasteiger partial charge in [-0.05, 0) is 54.8 Å². The number of carbonyl (C=O) groups is 1. The zero-order valence-corrected chi connectivity index (χ0v) is 11.4. The molecule has 0 saturated carbocycles. The Bertz CT molecular complexity index is 670. The van der Waals surface area contributed by atoms with Crippen LogP contribution in [0, 0.1) is 19.7 Å². The zero-order chi connectivity index (χ0) is 14.7. The third-order valence-corrected chi connectivity index (χ3v) is 3.01. The number of allylic oxidation sites excluding steroid dienone is 1. The summed E-state index contributed by atoms with van der Waals surface area (Å²) in [6.45, 7) is 3.62. The molecule has 1 N–H and O–H groups in total. The molecule has 0 saturated heterocycles. The van der Waals surface area contributed by atoms with E-state index in [-0.39, 0.29) is 22.9 Å². The Morgan fingerprint density at radius 3 is 2.45 bits per heavy atom. The Hall–Kier alpha value is -2.42. The zero-order valence-electron chi connectivity index (χ0n) is 11.4. The van der Waals surface area contributed by atoms with Crippen LogP contribution in [0.15, 0.2) is 42.5 Å². The van der Waals surface area contributed by atoms with E-state index in [0.29, 0.717) is 5.56 Å². The van der Waals surface area contributed by atoms with E-state index in [2.05, 4.69) is 0 Å².